The number of piperidine rings is 1. The molecule has 11 heteroatoms. The van der Waals surface area contributed by atoms with Crippen LogP contribution in [0.3, 0.4) is 0 Å². The predicted octanol–water partition coefficient (Wildman–Crippen LogP) is 4.59. The SMILES string of the molecule is CC1CC(F)(F)CN(C(=O)OCc2ccccc2)C1CNc1ncc(C(F)(F)F)cn1. The highest BCUT2D eigenvalue weighted by atomic mass is 19.4. The molecule has 1 aromatic heterocycles. The number of carbonyl (C=O) groups is 1. The van der Waals surface area contributed by atoms with Crippen molar-refractivity contribution in [1.29, 1.82) is 0 Å². The maximum atomic E-state index is 14.1. The second-order valence-electron chi connectivity index (χ2n) is 7.45. The number of nitrogens with zero attached hydrogens (tertiary/aromatic N) is 3. The summed E-state index contributed by atoms with van der Waals surface area (Å²) in [6.45, 7) is 0.664. The van der Waals surface area contributed by atoms with Gasteiger partial charge in [0.15, 0.2) is 0 Å². The quantitative estimate of drug-likeness (QED) is 0.684. The lowest BCUT2D eigenvalue weighted by Gasteiger charge is -2.42. The highest BCUT2D eigenvalue weighted by molar-refractivity contribution is 5.68. The fourth-order valence-electron chi connectivity index (χ4n) is 3.42. The Bertz CT molecular complexity index is 877. The molecule has 0 saturated carbocycles. The number of carbonyl (C=O) groups excluding carboxylic acids is 1. The van der Waals surface area contributed by atoms with Gasteiger partial charge in [-0.1, -0.05) is 37.3 Å². The molecule has 1 aliphatic heterocycles. The van der Waals surface area contributed by atoms with E-state index in [4.69, 9.17) is 4.74 Å². The molecule has 1 saturated heterocycles. The van der Waals surface area contributed by atoms with Gasteiger partial charge in [-0.2, -0.15) is 13.2 Å². The Morgan fingerprint density at radius 1 is 1.23 bits per heavy atom. The van der Waals surface area contributed by atoms with E-state index in [2.05, 4.69) is 15.3 Å². The van der Waals surface area contributed by atoms with Gasteiger partial charge in [0, 0.05) is 25.4 Å². The average molecular weight is 444 g/mol. The van der Waals surface area contributed by atoms with Crippen molar-refractivity contribution in [2.45, 2.75) is 38.1 Å². The van der Waals surface area contributed by atoms with Gasteiger partial charge in [0.25, 0.3) is 5.92 Å². The number of halogens is 5. The van der Waals surface area contributed by atoms with E-state index in [9.17, 15) is 26.7 Å². The molecule has 1 fully saturated rings. The fraction of sp³-hybridized carbons (Fsp3) is 0.450. The average Bonchev–Trinajstić information content (AvgIpc) is 2.71. The standard InChI is InChI=1S/C20H21F5N4O2/c1-13-7-19(21,22)12-29(18(30)31-11-14-5-3-2-4-6-14)16(13)10-28-17-26-8-15(9-27-17)20(23,24)25/h2-6,8-9,13,16H,7,10-12H2,1H3,(H,26,27,28). The first-order valence-corrected chi connectivity index (χ1v) is 9.53. The molecule has 0 bridgehead atoms. The largest absolute Gasteiger partial charge is 0.445 e. The smallest absolute Gasteiger partial charge is 0.419 e. The Hall–Kier alpha value is -2.98. The summed E-state index contributed by atoms with van der Waals surface area (Å²) in [7, 11) is 0. The van der Waals surface area contributed by atoms with Crippen LogP contribution in [0, 0.1) is 5.92 Å². The van der Waals surface area contributed by atoms with E-state index in [1.807, 2.05) is 0 Å². The third-order valence-electron chi connectivity index (χ3n) is 4.97. The molecule has 0 radical (unpaired) electrons. The van der Waals surface area contributed by atoms with Gasteiger partial charge >= 0.3 is 12.3 Å². The predicted molar refractivity (Wildman–Crippen MR) is 101 cm³/mol. The highest BCUT2D eigenvalue weighted by Crippen LogP contribution is 2.35. The van der Waals surface area contributed by atoms with E-state index < -0.39 is 48.7 Å². The number of likely N-dealkylation sites (tertiary alicyclic amines) is 1. The van der Waals surface area contributed by atoms with E-state index in [1.54, 1.807) is 37.3 Å². The zero-order valence-corrected chi connectivity index (χ0v) is 16.6. The van der Waals surface area contributed by atoms with E-state index >= 15 is 0 Å². The molecule has 2 atom stereocenters. The van der Waals surface area contributed by atoms with Crippen LogP contribution in [0.2, 0.25) is 0 Å². The molecule has 1 aromatic carbocycles. The van der Waals surface area contributed by atoms with Gasteiger partial charge in [-0.05, 0) is 11.5 Å². The maximum Gasteiger partial charge on any atom is 0.419 e. The molecular formula is C20H21F5N4O2. The van der Waals surface area contributed by atoms with Crippen LogP contribution >= 0.6 is 0 Å². The summed E-state index contributed by atoms with van der Waals surface area (Å²) in [6, 6.07) is 8.11. The zero-order valence-electron chi connectivity index (χ0n) is 16.6. The molecule has 31 heavy (non-hydrogen) atoms. The second kappa shape index (κ2) is 9.03. The molecule has 168 valence electrons. The molecule has 3 rings (SSSR count). The van der Waals surface area contributed by atoms with Crippen LogP contribution in [0.5, 0.6) is 0 Å². The normalized spacial score (nSPS) is 20.9. The van der Waals surface area contributed by atoms with Crippen molar-refractivity contribution in [3.63, 3.8) is 0 Å². The number of aromatic nitrogens is 2. The topological polar surface area (TPSA) is 67.3 Å². The Kier molecular flexibility index (Phi) is 6.61. The first-order chi connectivity index (χ1) is 14.5. The van der Waals surface area contributed by atoms with Gasteiger partial charge in [0.1, 0.15) is 6.61 Å². The Morgan fingerprint density at radius 3 is 2.48 bits per heavy atom. The number of anilines is 1. The Morgan fingerprint density at radius 2 is 1.87 bits per heavy atom. The Balaban J connectivity index is 1.67. The van der Waals surface area contributed by atoms with Gasteiger partial charge in [-0.25, -0.2) is 23.5 Å². The van der Waals surface area contributed by atoms with Crippen molar-refractivity contribution >= 4 is 12.0 Å². The van der Waals surface area contributed by atoms with Crippen molar-refractivity contribution in [3.05, 3.63) is 53.9 Å². The molecule has 1 aliphatic rings. The first kappa shape index (κ1) is 22.7. The van der Waals surface area contributed by atoms with Crippen molar-refractivity contribution in [2.75, 3.05) is 18.4 Å². The molecule has 1 N–H and O–H groups in total. The summed E-state index contributed by atoms with van der Waals surface area (Å²) in [4.78, 5) is 20.7. The molecule has 0 aliphatic carbocycles. The highest BCUT2D eigenvalue weighted by Gasteiger charge is 2.46. The number of benzene rings is 1. The van der Waals surface area contributed by atoms with Crippen LogP contribution < -0.4 is 5.32 Å². The van der Waals surface area contributed by atoms with Crippen molar-refractivity contribution in [1.82, 2.24) is 14.9 Å². The molecule has 6 nitrogen and oxygen atoms in total. The summed E-state index contributed by atoms with van der Waals surface area (Å²) in [5.41, 5.74) is -0.296. The monoisotopic (exact) mass is 444 g/mol. The Labute approximate surface area is 175 Å². The number of alkyl halides is 5. The van der Waals surface area contributed by atoms with Crippen molar-refractivity contribution < 1.29 is 31.5 Å². The minimum atomic E-state index is -4.57. The zero-order chi connectivity index (χ0) is 22.6. The third-order valence-corrected chi connectivity index (χ3v) is 4.97. The van der Waals surface area contributed by atoms with E-state index in [0.717, 1.165) is 4.90 Å². The van der Waals surface area contributed by atoms with Crippen LogP contribution in [0.15, 0.2) is 42.7 Å². The summed E-state index contributed by atoms with van der Waals surface area (Å²) < 4.78 is 71.3. The molecule has 0 spiro atoms. The summed E-state index contributed by atoms with van der Waals surface area (Å²) in [6.07, 6.45) is -4.65. The van der Waals surface area contributed by atoms with Gasteiger partial charge in [0.05, 0.1) is 18.2 Å². The molecule has 2 heterocycles. The number of hydrogen-bond donors (Lipinski definition) is 1. The van der Waals surface area contributed by atoms with E-state index in [-0.39, 0.29) is 19.1 Å². The second-order valence-corrected chi connectivity index (χ2v) is 7.45. The van der Waals surface area contributed by atoms with Gasteiger partial charge in [-0.15, -0.1) is 0 Å². The number of nitrogens with one attached hydrogen (secondary N) is 1. The minimum Gasteiger partial charge on any atom is -0.445 e. The van der Waals surface area contributed by atoms with Crippen LogP contribution in [0.1, 0.15) is 24.5 Å². The number of amides is 1. The van der Waals surface area contributed by atoms with Crippen LogP contribution in [-0.2, 0) is 17.5 Å². The van der Waals surface area contributed by atoms with Gasteiger partial charge in [0.2, 0.25) is 5.95 Å². The lowest BCUT2D eigenvalue weighted by atomic mass is 9.89. The molecule has 2 unspecified atom stereocenters. The summed E-state index contributed by atoms with van der Waals surface area (Å²) >= 11 is 0. The molecular weight excluding hydrogens is 423 g/mol. The van der Waals surface area contributed by atoms with Crippen molar-refractivity contribution in [2.24, 2.45) is 5.92 Å². The van der Waals surface area contributed by atoms with Gasteiger partial charge < -0.3 is 10.1 Å². The van der Waals surface area contributed by atoms with Crippen molar-refractivity contribution in [3.8, 4) is 0 Å². The maximum absolute atomic E-state index is 14.1. The van der Waals surface area contributed by atoms with E-state index in [1.165, 1.54) is 0 Å². The van der Waals surface area contributed by atoms with Crippen LogP contribution in [0.25, 0.3) is 0 Å². The van der Waals surface area contributed by atoms with Crippen LogP contribution in [0.4, 0.5) is 32.7 Å². The minimum absolute atomic E-state index is 0.0248. The lowest BCUT2D eigenvalue weighted by molar-refractivity contribution is -0.138. The number of rotatable bonds is 5. The molecule has 1 amide bonds. The fourth-order valence-corrected chi connectivity index (χ4v) is 3.42. The lowest BCUT2D eigenvalue weighted by Crippen LogP contribution is -2.57. The van der Waals surface area contributed by atoms with E-state index in [0.29, 0.717) is 18.0 Å². The molecule has 2 aromatic rings. The third kappa shape index (κ3) is 6.02. The first-order valence-electron chi connectivity index (χ1n) is 9.53. The number of hydrogen-bond acceptors (Lipinski definition) is 5. The van der Waals surface area contributed by atoms with Gasteiger partial charge in [-0.3, -0.25) is 4.90 Å². The summed E-state index contributed by atoms with van der Waals surface area (Å²) in [5.74, 6) is -3.78. The van der Waals surface area contributed by atoms with Crippen LogP contribution in [-0.4, -0.2) is 46.0 Å². The number of ether oxygens (including phenoxy) is 1. The summed E-state index contributed by atoms with van der Waals surface area (Å²) in [5, 5.41) is 2.73.